The van der Waals surface area contributed by atoms with Crippen LogP contribution >= 0.6 is 11.6 Å². The van der Waals surface area contributed by atoms with Gasteiger partial charge in [-0.1, -0.05) is 41.9 Å². The second kappa shape index (κ2) is 8.65. The van der Waals surface area contributed by atoms with E-state index in [2.05, 4.69) is 20.6 Å². The topological polar surface area (TPSA) is 70.1 Å². The summed E-state index contributed by atoms with van der Waals surface area (Å²) in [6.07, 6.45) is 0.637. The van der Waals surface area contributed by atoms with Gasteiger partial charge in [0.15, 0.2) is 0 Å². The molecule has 3 N–H and O–H groups in total. The number of aliphatic hydroxyl groups is 1. The Balaban J connectivity index is 1.91. The van der Waals surface area contributed by atoms with Gasteiger partial charge in [-0.05, 0) is 37.1 Å². The van der Waals surface area contributed by atoms with E-state index in [4.69, 9.17) is 16.7 Å². The third-order valence-electron chi connectivity index (χ3n) is 3.84. The monoisotopic (exact) mass is 368 g/mol. The van der Waals surface area contributed by atoms with Crippen molar-refractivity contribution < 1.29 is 5.11 Å². The van der Waals surface area contributed by atoms with Gasteiger partial charge in [0.25, 0.3) is 0 Å². The molecule has 0 saturated heterocycles. The van der Waals surface area contributed by atoms with Crippen LogP contribution in [-0.2, 0) is 0 Å². The zero-order valence-electron chi connectivity index (χ0n) is 14.5. The average Bonchev–Trinajstić information content (AvgIpc) is 2.66. The van der Waals surface area contributed by atoms with Crippen molar-refractivity contribution in [2.24, 2.45) is 0 Å². The highest BCUT2D eigenvalue weighted by Crippen LogP contribution is 2.25. The molecule has 3 aromatic rings. The van der Waals surface area contributed by atoms with Crippen molar-refractivity contribution in [1.29, 1.82) is 0 Å². The normalized spacial score (nSPS) is 10.6. The van der Waals surface area contributed by atoms with Crippen LogP contribution in [-0.4, -0.2) is 28.2 Å². The Morgan fingerprint density at radius 3 is 2.58 bits per heavy atom. The van der Waals surface area contributed by atoms with Gasteiger partial charge in [-0.25, -0.2) is 4.98 Å². The zero-order valence-corrected chi connectivity index (χ0v) is 15.3. The maximum absolute atomic E-state index is 8.97. The molecule has 0 unspecified atom stereocenters. The first-order chi connectivity index (χ1) is 12.7. The van der Waals surface area contributed by atoms with Crippen LogP contribution in [0.25, 0.3) is 11.3 Å². The lowest BCUT2D eigenvalue weighted by Crippen LogP contribution is -2.08. The number of nitrogens with one attached hydrogen (secondary N) is 2. The van der Waals surface area contributed by atoms with E-state index in [1.165, 1.54) is 0 Å². The summed E-state index contributed by atoms with van der Waals surface area (Å²) >= 11 is 6.10. The average molecular weight is 369 g/mol. The number of aromatic nitrogens is 2. The van der Waals surface area contributed by atoms with Gasteiger partial charge in [0.2, 0.25) is 5.95 Å². The third kappa shape index (κ3) is 4.71. The lowest BCUT2D eigenvalue weighted by Gasteiger charge is -2.12. The molecule has 0 fully saturated rings. The molecule has 0 radical (unpaired) electrons. The number of aliphatic hydroxyl groups excluding tert-OH is 1. The van der Waals surface area contributed by atoms with E-state index in [9.17, 15) is 0 Å². The van der Waals surface area contributed by atoms with Crippen LogP contribution in [0.1, 0.15) is 12.0 Å². The number of halogens is 1. The molecule has 0 bridgehead atoms. The Kier molecular flexibility index (Phi) is 6.04. The summed E-state index contributed by atoms with van der Waals surface area (Å²) in [4.78, 5) is 9.11. The van der Waals surface area contributed by atoms with Crippen LogP contribution in [0.5, 0.6) is 0 Å². The number of benzene rings is 2. The summed E-state index contributed by atoms with van der Waals surface area (Å²) < 4.78 is 0. The minimum atomic E-state index is 0.126. The van der Waals surface area contributed by atoms with Gasteiger partial charge >= 0.3 is 0 Å². The molecule has 3 rings (SSSR count). The van der Waals surface area contributed by atoms with Crippen LogP contribution in [0, 0.1) is 6.92 Å². The number of nitrogens with zero attached hydrogens (tertiary/aromatic N) is 2. The number of rotatable bonds is 7. The molecule has 2 aromatic carbocycles. The first kappa shape index (κ1) is 18.2. The fraction of sp³-hybridized carbons (Fsp3) is 0.200. The van der Waals surface area contributed by atoms with Gasteiger partial charge in [-0.2, -0.15) is 4.98 Å². The standard InChI is InChI=1S/C20H21ClN4O/c1-14-12-16(8-9-17(14)21)23-19-13-18(15-6-3-2-4-7-15)24-20(25-19)22-10-5-11-26/h2-4,6-9,12-13,26H,5,10-11H2,1H3,(H2,22,23,24,25). The molecule has 6 heteroatoms. The molecule has 26 heavy (non-hydrogen) atoms. The molecule has 5 nitrogen and oxygen atoms in total. The number of aryl methyl sites for hydroxylation is 1. The number of anilines is 3. The van der Waals surface area contributed by atoms with E-state index in [0.717, 1.165) is 27.5 Å². The highest BCUT2D eigenvalue weighted by molar-refractivity contribution is 6.31. The van der Waals surface area contributed by atoms with E-state index < -0.39 is 0 Å². The Hall–Kier alpha value is -2.63. The SMILES string of the molecule is Cc1cc(Nc2cc(-c3ccccc3)nc(NCCCO)n2)ccc1Cl. The van der Waals surface area contributed by atoms with E-state index in [0.29, 0.717) is 24.7 Å². The molecular weight excluding hydrogens is 348 g/mol. The fourth-order valence-corrected chi connectivity index (χ4v) is 2.61. The minimum Gasteiger partial charge on any atom is -0.396 e. The first-order valence-electron chi connectivity index (χ1n) is 8.48. The van der Waals surface area contributed by atoms with E-state index in [1.807, 2.05) is 61.5 Å². The molecule has 0 aliphatic carbocycles. The quantitative estimate of drug-likeness (QED) is 0.530. The number of hydrogen-bond donors (Lipinski definition) is 3. The summed E-state index contributed by atoms with van der Waals surface area (Å²) in [5.41, 5.74) is 3.73. The van der Waals surface area contributed by atoms with Crippen LogP contribution in [0.4, 0.5) is 17.5 Å². The third-order valence-corrected chi connectivity index (χ3v) is 4.27. The maximum Gasteiger partial charge on any atom is 0.225 e. The van der Waals surface area contributed by atoms with Crippen molar-refractivity contribution in [1.82, 2.24) is 9.97 Å². The Bertz CT molecular complexity index is 871. The van der Waals surface area contributed by atoms with Crippen LogP contribution in [0.15, 0.2) is 54.6 Å². The summed E-state index contributed by atoms with van der Waals surface area (Å²) in [7, 11) is 0. The minimum absolute atomic E-state index is 0.126. The second-order valence-corrected chi connectivity index (χ2v) is 6.33. The largest absolute Gasteiger partial charge is 0.396 e. The van der Waals surface area contributed by atoms with E-state index in [1.54, 1.807) is 0 Å². The van der Waals surface area contributed by atoms with Gasteiger partial charge in [0, 0.05) is 35.5 Å². The van der Waals surface area contributed by atoms with Crippen molar-refractivity contribution in [2.75, 3.05) is 23.8 Å². The summed E-state index contributed by atoms with van der Waals surface area (Å²) in [5.74, 6) is 1.21. The molecule has 1 aromatic heterocycles. The van der Waals surface area contributed by atoms with Gasteiger partial charge in [-0.3, -0.25) is 0 Å². The smallest absolute Gasteiger partial charge is 0.225 e. The van der Waals surface area contributed by atoms with Gasteiger partial charge in [0.05, 0.1) is 5.69 Å². The van der Waals surface area contributed by atoms with Crippen LogP contribution < -0.4 is 10.6 Å². The Morgan fingerprint density at radius 1 is 1.04 bits per heavy atom. The second-order valence-electron chi connectivity index (χ2n) is 5.92. The fourth-order valence-electron chi connectivity index (χ4n) is 2.50. The maximum atomic E-state index is 8.97. The van der Waals surface area contributed by atoms with E-state index >= 15 is 0 Å². The highest BCUT2D eigenvalue weighted by Gasteiger charge is 2.08. The van der Waals surface area contributed by atoms with Crippen molar-refractivity contribution >= 4 is 29.1 Å². The summed E-state index contributed by atoms with van der Waals surface area (Å²) in [6.45, 7) is 2.69. The predicted octanol–water partition coefficient (Wildman–Crippen LogP) is 4.64. The van der Waals surface area contributed by atoms with Crippen LogP contribution in [0.2, 0.25) is 5.02 Å². The molecular formula is C20H21ClN4O. The Morgan fingerprint density at radius 2 is 1.85 bits per heavy atom. The van der Waals surface area contributed by atoms with Crippen molar-refractivity contribution in [3.05, 3.63) is 65.2 Å². The molecule has 0 aliphatic rings. The number of hydrogen-bond acceptors (Lipinski definition) is 5. The molecule has 1 heterocycles. The van der Waals surface area contributed by atoms with Gasteiger partial charge < -0.3 is 15.7 Å². The Labute approximate surface area is 158 Å². The predicted molar refractivity (Wildman–Crippen MR) is 107 cm³/mol. The van der Waals surface area contributed by atoms with Crippen molar-refractivity contribution in [3.63, 3.8) is 0 Å². The lowest BCUT2D eigenvalue weighted by atomic mass is 10.1. The van der Waals surface area contributed by atoms with Crippen LogP contribution in [0.3, 0.4) is 0 Å². The first-order valence-corrected chi connectivity index (χ1v) is 8.86. The molecule has 0 amide bonds. The van der Waals surface area contributed by atoms with Crippen molar-refractivity contribution in [3.8, 4) is 11.3 Å². The molecule has 0 aliphatic heterocycles. The van der Waals surface area contributed by atoms with Gasteiger partial charge in [0.1, 0.15) is 5.82 Å². The lowest BCUT2D eigenvalue weighted by molar-refractivity contribution is 0.292. The summed E-state index contributed by atoms with van der Waals surface area (Å²) in [5, 5.41) is 16.2. The van der Waals surface area contributed by atoms with E-state index in [-0.39, 0.29) is 6.61 Å². The molecule has 134 valence electrons. The van der Waals surface area contributed by atoms with Crippen molar-refractivity contribution in [2.45, 2.75) is 13.3 Å². The highest BCUT2D eigenvalue weighted by atomic mass is 35.5. The van der Waals surface area contributed by atoms with Gasteiger partial charge in [-0.15, -0.1) is 0 Å². The zero-order chi connectivity index (χ0) is 18.4. The molecule has 0 atom stereocenters. The molecule has 0 saturated carbocycles. The summed E-state index contributed by atoms with van der Waals surface area (Å²) in [6, 6.07) is 17.6. The molecule has 0 spiro atoms.